The van der Waals surface area contributed by atoms with E-state index in [1.54, 1.807) is 30.3 Å². The normalized spacial score (nSPS) is 16.4. The van der Waals surface area contributed by atoms with E-state index in [9.17, 15) is 13.2 Å². The topological polar surface area (TPSA) is 75.7 Å². The van der Waals surface area contributed by atoms with E-state index in [1.807, 2.05) is 25.1 Å². The van der Waals surface area contributed by atoms with Crippen LogP contribution in [0.4, 0.5) is 0 Å². The fourth-order valence-corrected chi connectivity index (χ4v) is 4.66. The van der Waals surface area contributed by atoms with Crippen LogP contribution in [0, 0.1) is 0 Å². The first-order chi connectivity index (χ1) is 14.4. The summed E-state index contributed by atoms with van der Waals surface area (Å²) in [6.45, 7) is 3.55. The van der Waals surface area contributed by atoms with Crippen molar-refractivity contribution in [1.82, 2.24) is 9.62 Å². The highest BCUT2D eigenvalue weighted by atomic mass is 32.2. The fourth-order valence-electron chi connectivity index (χ4n) is 3.25. The summed E-state index contributed by atoms with van der Waals surface area (Å²) >= 11 is 0. The molecule has 1 aliphatic rings. The summed E-state index contributed by atoms with van der Waals surface area (Å²) in [7, 11) is -3.51. The van der Waals surface area contributed by atoms with E-state index in [1.165, 1.54) is 15.9 Å². The number of hydrogen-bond donors (Lipinski definition) is 1. The summed E-state index contributed by atoms with van der Waals surface area (Å²) in [6, 6.07) is 16.8. The molecule has 2 aromatic carbocycles. The Bertz CT molecular complexity index is 950. The van der Waals surface area contributed by atoms with E-state index in [0.29, 0.717) is 26.3 Å². The summed E-state index contributed by atoms with van der Waals surface area (Å²) in [5, 5.41) is 2.96. The number of carbonyl (C=O) groups excluding carboxylic acids is 1. The molecule has 7 heteroatoms. The van der Waals surface area contributed by atoms with Gasteiger partial charge in [-0.05, 0) is 49.1 Å². The molecule has 1 unspecified atom stereocenters. The molecule has 3 rings (SSSR count). The van der Waals surface area contributed by atoms with Crippen LogP contribution in [-0.2, 0) is 26.0 Å². The van der Waals surface area contributed by atoms with Crippen LogP contribution in [0.15, 0.2) is 65.6 Å². The lowest BCUT2D eigenvalue weighted by Crippen LogP contribution is -2.40. The highest BCUT2D eigenvalue weighted by Gasteiger charge is 2.25. The van der Waals surface area contributed by atoms with Gasteiger partial charge in [0, 0.05) is 25.2 Å². The number of benzene rings is 2. The van der Waals surface area contributed by atoms with Crippen LogP contribution in [0.2, 0.25) is 0 Å². The zero-order valence-corrected chi connectivity index (χ0v) is 18.0. The van der Waals surface area contributed by atoms with Crippen molar-refractivity contribution in [2.45, 2.75) is 30.7 Å². The van der Waals surface area contributed by atoms with E-state index < -0.39 is 10.0 Å². The molecular formula is C23H28N2O4S. The Hall–Kier alpha value is -2.48. The van der Waals surface area contributed by atoms with Crippen LogP contribution < -0.4 is 5.32 Å². The van der Waals surface area contributed by atoms with Gasteiger partial charge in [0.15, 0.2) is 0 Å². The van der Waals surface area contributed by atoms with Crippen LogP contribution in [0.3, 0.4) is 0 Å². The largest absolute Gasteiger partial charge is 0.379 e. The van der Waals surface area contributed by atoms with Gasteiger partial charge in [0.1, 0.15) is 0 Å². The summed E-state index contributed by atoms with van der Waals surface area (Å²) in [6.07, 6.45) is 4.93. The maximum atomic E-state index is 12.6. The second kappa shape index (κ2) is 10.5. The Morgan fingerprint density at radius 1 is 1.10 bits per heavy atom. The van der Waals surface area contributed by atoms with Crippen molar-refractivity contribution in [3.63, 3.8) is 0 Å². The first-order valence-electron chi connectivity index (χ1n) is 10.2. The number of aryl methyl sites for hydroxylation is 1. The molecule has 6 nitrogen and oxygen atoms in total. The number of amides is 1. The maximum Gasteiger partial charge on any atom is 0.244 e. The quantitative estimate of drug-likeness (QED) is 0.656. The van der Waals surface area contributed by atoms with Gasteiger partial charge in [-0.3, -0.25) is 4.79 Å². The molecular weight excluding hydrogens is 400 g/mol. The Morgan fingerprint density at radius 2 is 1.77 bits per heavy atom. The molecule has 160 valence electrons. The van der Waals surface area contributed by atoms with Crippen molar-refractivity contribution >= 4 is 22.0 Å². The molecule has 1 atom stereocenters. The Morgan fingerprint density at radius 3 is 2.43 bits per heavy atom. The van der Waals surface area contributed by atoms with Crippen molar-refractivity contribution in [2.24, 2.45) is 0 Å². The monoisotopic (exact) mass is 428 g/mol. The van der Waals surface area contributed by atoms with E-state index >= 15 is 0 Å². The molecule has 2 aromatic rings. The van der Waals surface area contributed by atoms with Crippen molar-refractivity contribution in [1.29, 1.82) is 0 Å². The average Bonchev–Trinajstić information content (AvgIpc) is 2.78. The molecule has 30 heavy (non-hydrogen) atoms. The molecule has 0 saturated carbocycles. The molecule has 0 aliphatic carbocycles. The zero-order valence-electron chi connectivity index (χ0n) is 17.2. The van der Waals surface area contributed by atoms with Crippen LogP contribution in [-0.4, -0.2) is 51.0 Å². The third-order valence-corrected chi connectivity index (χ3v) is 6.93. The van der Waals surface area contributed by atoms with Gasteiger partial charge in [-0.15, -0.1) is 0 Å². The molecule has 0 radical (unpaired) electrons. The molecule has 1 N–H and O–H groups in total. The number of nitrogens with one attached hydrogen (secondary N) is 1. The predicted molar refractivity (Wildman–Crippen MR) is 117 cm³/mol. The molecule has 1 aliphatic heterocycles. The van der Waals surface area contributed by atoms with Crippen LogP contribution in [0.25, 0.3) is 6.08 Å². The van der Waals surface area contributed by atoms with Gasteiger partial charge in [0.25, 0.3) is 0 Å². The molecule has 0 bridgehead atoms. The average molecular weight is 429 g/mol. The molecule has 0 spiro atoms. The number of hydrogen-bond acceptors (Lipinski definition) is 4. The van der Waals surface area contributed by atoms with Crippen molar-refractivity contribution in [3.05, 3.63) is 71.8 Å². The Balaban J connectivity index is 1.51. The molecule has 1 amide bonds. The second-order valence-corrected chi connectivity index (χ2v) is 9.29. The van der Waals surface area contributed by atoms with E-state index in [0.717, 1.165) is 18.4 Å². The number of carbonyl (C=O) groups is 1. The predicted octanol–water partition coefficient (Wildman–Crippen LogP) is 2.86. The Labute approximate surface area is 178 Å². The SMILES string of the molecule is CC(CCc1ccccc1)NC(=O)/C=C/c1ccc(S(=O)(=O)N2CCOCC2)cc1. The summed E-state index contributed by atoms with van der Waals surface area (Å²) in [4.78, 5) is 12.4. The van der Waals surface area contributed by atoms with Crippen molar-refractivity contribution in [3.8, 4) is 0 Å². The minimum Gasteiger partial charge on any atom is -0.379 e. The van der Waals surface area contributed by atoms with Gasteiger partial charge in [-0.2, -0.15) is 4.31 Å². The van der Waals surface area contributed by atoms with E-state index in [4.69, 9.17) is 4.74 Å². The lowest BCUT2D eigenvalue weighted by atomic mass is 10.1. The highest BCUT2D eigenvalue weighted by molar-refractivity contribution is 7.89. The van der Waals surface area contributed by atoms with Gasteiger partial charge >= 0.3 is 0 Å². The van der Waals surface area contributed by atoms with Crippen LogP contribution in [0.5, 0.6) is 0 Å². The smallest absolute Gasteiger partial charge is 0.244 e. The highest BCUT2D eigenvalue weighted by Crippen LogP contribution is 2.18. The third kappa shape index (κ3) is 6.26. The van der Waals surface area contributed by atoms with Gasteiger partial charge in [0.2, 0.25) is 15.9 Å². The summed E-state index contributed by atoms with van der Waals surface area (Å²) in [5.74, 6) is -0.166. The van der Waals surface area contributed by atoms with Crippen molar-refractivity contribution < 1.29 is 17.9 Å². The first-order valence-corrected chi connectivity index (χ1v) is 11.6. The van der Waals surface area contributed by atoms with Crippen LogP contribution in [0.1, 0.15) is 24.5 Å². The van der Waals surface area contributed by atoms with Gasteiger partial charge < -0.3 is 10.1 Å². The molecule has 1 fully saturated rings. The summed E-state index contributed by atoms with van der Waals surface area (Å²) < 4.78 is 31.9. The number of ether oxygens (including phenoxy) is 1. The summed E-state index contributed by atoms with van der Waals surface area (Å²) in [5.41, 5.74) is 2.02. The zero-order chi connectivity index (χ0) is 21.4. The third-order valence-electron chi connectivity index (χ3n) is 5.01. The van der Waals surface area contributed by atoms with Crippen LogP contribution >= 0.6 is 0 Å². The molecule has 0 aromatic heterocycles. The molecule has 1 saturated heterocycles. The molecule has 1 heterocycles. The van der Waals surface area contributed by atoms with Gasteiger partial charge in [0.05, 0.1) is 18.1 Å². The minimum atomic E-state index is -3.51. The Kier molecular flexibility index (Phi) is 7.79. The second-order valence-electron chi connectivity index (χ2n) is 7.35. The number of nitrogens with zero attached hydrogens (tertiary/aromatic N) is 1. The first kappa shape index (κ1) is 22.2. The standard InChI is InChI=1S/C23H28N2O4S/c1-19(7-8-20-5-3-2-4-6-20)24-23(26)14-11-21-9-12-22(13-10-21)30(27,28)25-15-17-29-18-16-25/h2-6,9-14,19H,7-8,15-18H2,1H3,(H,24,26)/b14-11+. The van der Waals surface area contributed by atoms with Gasteiger partial charge in [-0.25, -0.2) is 8.42 Å². The van der Waals surface area contributed by atoms with E-state index in [-0.39, 0.29) is 16.8 Å². The number of morpholine rings is 1. The number of sulfonamides is 1. The lowest BCUT2D eigenvalue weighted by Gasteiger charge is -2.26. The fraction of sp³-hybridized carbons (Fsp3) is 0.348. The lowest BCUT2D eigenvalue weighted by molar-refractivity contribution is -0.117. The van der Waals surface area contributed by atoms with Crippen molar-refractivity contribution in [2.75, 3.05) is 26.3 Å². The maximum absolute atomic E-state index is 12.6. The number of rotatable bonds is 8. The van der Waals surface area contributed by atoms with Gasteiger partial charge in [-0.1, -0.05) is 42.5 Å². The minimum absolute atomic E-state index is 0.0587. The van der Waals surface area contributed by atoms with E-state index in [2.05, 4.69) is 17.4 Å².